The third-order valence-electron chi connectivity index (χ3n) is 4.53. The van der Waals surface area contributed by atoms with Gasteiger partial charge in [0.15, 0.2) is 6.20 Å². The highest BCUT2D eigenvalue weighted by Gasteiger charge is 2.16. The maximum Gasteiger partial charge on any atom is 0.213 e. The Morgan fingerprint density at radius 2 is 1.74 bits per heavy atom. The fraction of sp³-hybridized carbons (Fsp3) is 0.190. The normalized spacial score (nSPS) is 11.4. The van der Waals surface area contributed by atoms with Crippen molar-refractivity contribution in [2.45, 2.75) is 27.3 Å². The molecule has 0 fully saturated rings. The van der Waals surface area contributed by atoms with Crippen molar-refractivity contribution in [3.8, 4) is 11.3 Å². The van der Waals surface area contributed by atoms with E-state index in [-0.39, 0.29) is 0 Å². The molecule has 0 spiro atoms. The number of nitrogens with zero attached hydrogens (tertiary/aromatic N) is 1. The lowest BCUT2D eigenvalue weighted by Crippen LogP contribution is -2.34. The zero-order valence-corrected chi connectivity index (χ0v) is 14.6. The van der Waals surface area contributed by atoms with Crippen LogP contribution in [-0.4, -0.2) is 0 Å². The quantitative estimate of drug-likeness (QED) is 0.421. The van der Waals surface area contributed by atoms with Crippen molar-refractivity contribution in [1.29, 1.82) is 0 Å². The van der Waals surface area contributed by atoms with Crippen LogP contribution in [0.15, 0.2) is 54.7 Å². The number of thiophene rings is 1. The summed E-state index contributed by atoms with van der Waals surface area (Å²) in [7, 11) is 0. The van der Waals surface area contributed by atoms with E-state index in [0.29, 0.717) is 0 Å². The van der Waals surface area contributed by atoms with Crippen LogP contribution in [0.3, 0.4) is 0 Å². The first kappa shape index (κ1) is 14.4. The van der Waals surface area contributed by atoms with Gasteiger partial charge < -0.3 is 0 Å². The topological polar surface area (TPSA) is 3.88 Å². The van der Waals surface area contributed by atoms with E-state index in [1.165, 1.54) is 42.6 Å². The molecule has 4 rings (SSSR count). The zero-order valence-electron chi connectivity index (χ0n) is 13.8. The summed E-state index contributed by atoms with van der Waals surface area (Å²) in [6.07, 6.45) is 2.19. The van der Waals surface area contributed by atoms with E-state index in [4.69, 9.17) is 0 Å². The number of hydrogen-bond donors (Lipinski definition) is 0. The lowest BCUT2D eigenvalue weighted by molar-refractivity contribution is -0.682. The van der Waals surface area contributed by atoms with Crippen molar-refractivity contribution in [1.82, 2.24) is 0 Å². The van der Waals surface area contributed by atoms with Gasteiger partial charge in [0.25, 0.3) is 0 Å². The molecule has 114 valence electrons. The molecule has 1 nitrogen and oxygen atoms in total. The molecule has 23 heavy (non-hydrogen) atoms. The molecule has 0 saturated carbocycles. The van der Waals surface area contributed by atoms with Gasteiger partial charge in [0.1, 0.15) is 6.54 Å². The molecule has 2 heteroatoms. The number of rotatable bonds is 2. The summed E-state index contributed by atoms with van der Waals surface area (Å²) in [6, 6.07) is 17.9. The molecule has 0 aliphatic rings. The van der Waals surface area contributed by atoms with E-state index in [1.807, 2.05) is 11.3 Å². The molecule has 0 N–H and O–H groups in total. The number of pyridine rings is 1. The molecule has 0 amide bonds. The van der Waals surface area contributed by atoms with Crippen LogP contribution in [0.1, 0.15) is 18.1 Å². The zero-order chi connectivity index (χ0) is 16.0. The van der Waals surface area contributed by atoms with Gasteiger partial charge in [-0.1, -0.05) is 18.2 Å². The minimum atomic E-state index is 0.984. The van der Waals surface area contributed by atoms with Crippen molar-refractivity contribution in [2.75, 3.05) is 0 Å². The summed E-state index contributed by atoms with van der Waals surface area (Å²) in [5.74, 6) is 0. The standard InChI is InChI=1S/C21H20NS/c1-4-22-10-9-14(2)11-19(22)17-13-18-16-7-5-6-8-20(16)23-21(18)12-15(17)3/h5-13H,4H2,1-3H3/q+1. The minimum absolute atomic E-state index is 0.984. The van der Waals surface area contributed by atoms with Crippen LogP contribution in [0, 0.1) is 13.8 Å². The highest BCUT2D eigenvalue weighted by Crippen LogP contribution is 2.37. The van der Waals surface area contributed by atoms with Gasteiger partial charge in [0.2, 0.25) is 5.69 Å². The Hall–Kier alpha value is -2.19. The summed E-state index contributed by atoms with van der Waals surface area (Å²) >= 11 is 1.89. The molecule has 0 saturated heterocycles. The molecule has 0 atom stereocenters. The van der Waals surface area contributed by atoms with Gasteiger partial charge in [-0.2, -0.15) is 4.57 Å². The van der Waals surface area contributed by atoms with Crippen molar-refractivity contribution in [2.24, 2.45) is 0 Å². The highest BCUT2D eigenvalue weighted by molar-refractivity contribution is 7.25. The van der Waals surface area contributed by atoms with Gasteiger partial charge in [-0.05, 0) is 50.1 Å². The Morgan fingerprint density at radius 1 is 0.913 bits per heavy atom. The fourth-order valence-corrected chi connectivity index (χ4v) is 4.48. The predicted octanol–water partition coefficient (Wildman–Crippen LogP) is 5.65. The highest BCUT2D eigenvalue weighted by atomic mass is 32.1. The molecule has 0 radical (unpaired) electrons. The molecule has 2 aromatic carbocycles. The van der Waals surface area contributed by atoms with E-state index in [0.717, 1.165) is 6.54 Å². The van der Waals surface area contributed by atoms with Gasteiger partial charge in [0.05, 0.1) is 0 Å². The van der Waals surface area contributed by atoms with Crippen molar-refractivity contribution in [3.63, 3.8) is 0 Å². The molecule has 2 aromatic heterocycles. The first-order chi connectivity index (χ1) is 11.2. The summed E-state index contributed by atoms with van der Waals surface area (Å²) < 4.78 is 5.07. The molecule has 0 unspecified atom stereocenters. The number of aryl methyl sites for hydroxylation is 3. The minimum Gasteiger partial charge on any atom is -0.199 e. The number of benzene rings is 2. The summed E-state index contributed by atoms with van der Waals surface area (Å²) in [6.45, 7) is 7.57. The average molecular weight is 318 g/mol. The lowest BCUT2D eigenvalue weighted by atomic mass is 10.00. The van der Waals surface area contributed by atoms with E-state index in [2.05, 4.69) is 80.1 Å². The van der Waals surface area contributed by atoms with Crippen molar-refractivity contribution in [3.05, 3.63) is 65.9 Å². The first-order valence-electron chi connectivity index (χ1n) is 8.09. The molecule has 0 bridgehead atoms. The van der Waals surface area contributed by atoms with Gasteiger partial charge in [-0.15, -0.1) is 11.3 Å². The van der Waals surface area contributed by atoms with E-state index in [1.54, 1.807) is 0 Å². The van der Waals surface area contributed by atoms with Crippen LogP contribution < -0.4 is 4.57 Å². The molecular formula is C21H20NS+. The monoisotopic (exact) mass is 318 g/mol. The Labute approximate surface area is 140 Å². The molecular weight excluding hydrogens is 298 g/mol. The van der Waals surface area contributed by atoms with E-state index in [9.17, 15) is 0 Å². The van der Waals surface area contributed by atoms with E-state index < -0.39 is 0 Å². The Kier molecular flexibility index (Phi) is 3.42. The first-order valence-corrected chi connectivity index (χ1v) is 8.91. The second-order valence-electron chi connectivity index (χ2n) is 6.14. The maximum absolute atomic E-state index is 2.38. The fourth-order valence-electron chi connectivity index (χ4n) is 3.29. The van der Waals surface area contributed by atoms with Crippen LogP contribution in [0.2, 0.25) is 0 Å². The Morgan fingerprint density at radius 3 is 2.57 bits per heavy atom. The van der Waals surface area contributed by atoms with E-state index >= 15 is 0 Å². The summed E-state index contributed by atoms with van der Waals surface area (Å²) in [4.78, 5) is 0. The van der Waals surface area contributed by atoms with Gasteiger partial charge in [-0.25, -0.2) is 0 Å². The molecule has 4 aromatic rings. The lowest BCUT2D eigenvalue weighted by Gasteiger charge is -2.07. The second-order valence-corrected chi connectivity index (χ2v) is 7.22. The Bertz CT molecular complexity index is 1030. The van der Waals surface area contributed by atoms with Crippen LogP contribution in [0.4, 0.5) is 0 Å². The molecule has 0 aliphatic carbocycles. The SMILES string of the molecule is CC[n+]1ccc(C)cc1-c1cc2c(cc1C)sc1ccccc12. The number of fused-ring (bicyclic) bond motifs is 3. The second kappa shape index (κ2) is 5.47. The summed E-state index contributed by atoms with van der Waals surface area (Å²) in [5, 5.41) is 2.74. The third kappa shape index (κ3) is 2.34. The van der Waals surface area contributed by atoms with Gasteiger partial charge in [-0.3, -0.25) is 0 Å². The number of aromatic nitrogens is 1. The largest absolute Gasteiger partial charge is 0.213 e. The van der Waals surface area contributed by atoms with Crippen LogP contribution in [0.25, 0.3) is 31.4 Å². The number of hydrogen-bond acceptors (Lipinski definition) is 1. The smallest absolute Gasteiger partial charge is 0.199 e. The van der Waals surface area contributed by atoms with Crippen LogP contribution in [0.5, 0.6) is 0 Å². The van der Waals surface area contributed by atoms with Crippen LogP contribution in [-0.2, 0) is 6.54 Å². The Balaban J connectivity index is 2.06. The van der Waals surface area contributed by atoms with Crippen LogP contribution >= 0.6 is 11.3 Å². The van der Waals surface area contributed by atoms with Crippen molar-refractivity contribution < 1.29 is 4.57 Å². The van der Waals surface area contributed by atoms with Gasteiger partial charge >= 0.3 is 0 Å². The molecule has 0 aliphatic heterocycles. The van der Waals surface area contributed by atoms with Crippen molar-refractivity contribution >= 4 is 31.5 Å². The average Bonchev–Trinajstić information content (AvgIpc) is 2.91. The maximum atomic E-state index is 2.38. The van der Waals surface area contributed by atoms with Gasteiger partial charge in [0, 0.05) is 37.9 Å². The summed E-state index contributed by atoms with van der Waals surface area (Å²) in [5.41, 5.74) is 5.30. The predicted molar refractivity (Wildman–Crippen MR) is 100 cm³/mol. The third-order valence-corrected chi connectivity index (χ3v) is 5.67. The molecule has 2 heterocycles.